The average Bonchev–Trinajstić information content (AvgIpc) is 2.61. The highest BCUT2D eigenvalue weighted by Gasteiger charge is 2.20. The van der Waals surface area contributed by atoms with E-state index in [2.05, 4.69) is 15.2 Å². The highest BCUT2D eigenvalue weighted by atomic mass is 35.5. The van der Waals surface area contributed by atoms with Gasteiger partial charge in [0.25, 0.3) is 0 Å². The maximum atomic E-state index is 12.5. The number of aryl methyl sites for hydroxylation is 1. The summed E-state index contributed by atoms with van der Waals surface area (Å²) in [6.45, 7) is 4.03. The van der Waals surface area contributed by atoms with Crippen molar-refractivity contribution in [1.82, 2.24) is 15.2 Å². The molecule has 0 saturated heterocycles. The third kappa shape index (κ3) is 3.91. The molecule has 5 nitrogen and oxygen atoms in total. The van der Waals surface area contributed by atoms with Gasteiger partial charge in [-0.05, 0) is 37.6 Å². The number of hydrogen-bond acceptors (Lipinski definition) is 6. The van der Waals surface area contributed by atoms with Crippen molar-refractivity contribution in [2.24, 2.45) is 0 Å². The van der Waals surface area contributed by atoms with Gasteiger partial charge < -0.3 is 4.74 Å². The summed E-state index contributed by atoms with van der Waals surface area (Å²) in [5.41, 5.74) is 2.93. The smallest absolute Gasteiger partial charge is 0.340 e. The van der Waals surface area contributed by atoms with E-state index in [9.17, 15) is 4.79 Å². The van der Waals surface area contributed by atoms with Gasteiger partial charge in [-0.15, -0.1) is 10.2 Å². The van der Waals surface area contributed by atoms with E-state index in [0.717, 1.165) is 16.5 Å². The molecule has 0 amide bonds. The number of ether oxygens (including phenoxy) is 1. The lowest BCUT2D eigenvalue weighted by Crippen LogP contribution is -2.12. The molecule has 3 rings (SSSR count). The first-order valence-electron chi connectivity index (χ1n) is 7.77. The topological polar surface area (TPSA) is 65.0 Å². The van der Waals surface area contributed by atoms with Crippen molar-refractivity contribution >= 4 is 40.2 Å². The Bertz CT molecular complexity index is 916. The number of aromatic nitrogens is 3. The van der Waals surface area contributed by atoms with E-state index < -0.39 is 0 Å². The van der Waals surface area contributed by atoms with E-state index in [4.69, 9.17) is 16.3 Å². The number of hydrogen-bond donors (Lipinski definition) is 0. The number of fused-ring (bicyclic) bond motifs is 1. The molecule has 0 aliphatic heterocycles. The number of halogens is 1. The summed E-state index contributed by atoms with van der Waals surface area (Å²) in [6.07, 6.45) is 0. The number of carbonyl (C=O) groups excluding carboxylic acids is 1. The number of nitrogens with zero attached hydrogens (tertiary/aromatic N) is 3. The van der Waals surface area contributed by atoms with Crippen LogP contribution in [0.1, 0.15) is 28.5 Å². The van der Waals surface area contributed by atoms with Crippen molar-refractivity contribution < 1.29 is 9.53 Å². The number of para-hydroxylation sites is 1. The van der Waals surface area contributed by atoms with Crippen LogP contribution in [0.15, 0.2) is 41.4 Å². The lowest BCUT2D eigenvalue weighted by Gasteiger charge is -2.13. The Balaban J connectivity index is 2.00. The monoisotopic (exact) mass is 373 g/mol. The van der Waals surface area contributed by atoms with Crippen molar-refractivity contribution in [2.45, 2.75) is 24.6 Å². The summed E-state index contributed by atoms with van der Waals surface area (Å²) in [5, 5.41) is 9.86. The summed E-state index contributed by atoms with van der Waals surface area (Å²) in [5.74, 6) is 0.131. The number of carbonyl (C=O) groups is 1. The van der Waals surface area contributed by atoms with E-state index >= 15 is 0 Å². The number of benzene rings is 1. The van der Waals surface area contributed by atoms with Gasteiger partial charge in [-0.25, -0.2) is 4.79 Å². The van der Waals surface area contributed by atoms with Crippen LogP contribution < -0.4 is 0 Å². The van der Waals surface area contributed by atoms with Crippen LogP contribution >= 0.6 is 23.4 Å². The highest BCUT2D eigenvalue weighted by Crippen LogP contribution is 2.28. The molecular weight excluding hydrogens is 358 g/mol. The largest absolute Gasteiger partial charge is 0.462 e. The molecule has 0 radical (unpaired) electrons. The molecule has 0 aliphatic carbocycles. The van der Waals surface area contributed by atoms with Gasteiger partial charge in [-0.2, -0.15) is 0 Å². The first-order valence-corrected chi connectivity index (χ1v) is 9.14. The van der Waals surface area contributed by atoms with Gasteiger partial charge in [0, 0.05) is 11.1 Å². The summed E-state index contributed by atoms with van der Waals surface area (Å²) >= 11 is 7.21. The van der Waals surface area contributed by atoms with Gasteiger partial charge in [0.2, 0.25) is 0 Å². The molecular formula is C18H16ClN3O2S. The van der Waals surface area contributed by atoms with Crippen LogP contribution in [0, 0.1) is 6.92 Å². The van der Waals surface area contributed by atoms with Crippen molar-refractivity contribution in [2.75, 3.05) is 6.61 Å². The number of thioether (sulfide) groups is 1. The van der Waals surface area contributed by atoms with Crippen molar-refractivity contribution in [3.63, 3.8) is 0 Å². The Morgan fingerprint density at radius 1 is 1.20 bits per heavy atom. The average molecular weight is 374 g/mol. The second kappa shape index (κ2) is 7.80. The molecule has 0 spiro atoms. The molecule has 0 fully saturated rings. The highest BCUT2D eigenvalue weighted by molar-refractivity contribution is 7.98. The lowest BCUT2D eigenvalue weighted by molar-refractivity contribution is 0.0524. The van der Waals surface area contributed by atoms with E-state index in [1.807, 2.05) is 31.2 Å². The standard InChI is InChI=1S/C18H16ClN3O2S/c1-3-24-18(23)17-11(2)12-6-4-5-7-13(12)20-14(17)10-25-16-9-8-15(19)21-22-16/h4-9H,3,10H2,1-2H3. The second-order valence-corrected chi connectivity index (χ2v) is 6.66. The third-order valence-electron chi connectivity index (χ3n) is 3.67. The van der Waals surface area contributed by atoms with Gasteiger partial charge in [-0.3, -0.25) is 4.98 Å². The second-order valence-electron chi connectivity index (χ2n) is 5.28. The van der Waals surface area contributed by atoms with Crippen molar-refractivity contribution in [3.8, 4) is 0 Å². The summed E-state index contributed by atoms with van der Waals surface area (Å²) < 4.78 is 5.23. The minimum Gasteiger partial charge on any atom is -0.462 e. The predicted molar refractivity (Wildman–Crippen MR) is 99.0 cm³/mol. The Labute approximate surface area is 154 Å². The molecule has 3 aromatic rings. The molecule has 0 N–H and O–H groups in total. The summed E-state index contributed by atoms with van der Waals surface area (Å²) in [6, 6.07) is 11.2. The van der Waals surface area contributed by atoms with Crippen LogP contribution in [0.3, 0.4) is 0 Å². The molecule has 0 saturated carbocycles. The molecule has 0 atom stereocenters. The zero-order valence-corrected chi connectivity index (χ0v) is 15.4. The minimum atomic E-state index is -0.351. The lowest BCUT2D eigenvalue weighted by atomic mass is 10.0. The molecule has 25 heavy (non-hydrogen) atoms. The normalized spacial score (nSPS) is 10.8. The molecule has 2 aromatic heterocycles. The van der Waals surface area contributed by atoms with Crippen LogP contribution in [0.25, 0.3) is 10.9 Å². The summed E-state index contributed by atoms with van der Waals surface area (Å²) in [7, 11) is 0. The molecule has 128 valence electrons. The fourth-order valence-corrected chi connectivity index (χ4v) is 3.40. The number of pyridine rings is 1. The minimum absolute atomic E-state index is 0.320. The van der Waals surface area contributed by atoms with Crippen molar-refractivity contribution in [1.29, 1.82) is 0 Å². The SMILES string of the molecule is CCOC(=O)c1c(CSc2ccc(Cl)nn2)nc2ccccc2c1C. The van der Waals surface area contributed by atoms with Gasteiger partial charge in [-0.1, -0.05) is 41.6 Å². The zero-order chi connectivity index (χ0) is 17.8. The van der Waals surface area contributed by atoms with Gasteiger partial charge in [0.1, 0.15) is 5.03 Å². The number of rotatable bonds is 5. The Morgan fingerprint density at radius 2 is 2.00 bits per heavy atom. The predicted octanol–water partition coefficient (Wildman–Crippen LogP) is 4.46. The molecule has 1 aromatic carbocycles. The zero-order valence-electron chi connectivity index (χ0n) is 13.8. The Kier molecular flexibility index (Phi) is 5.50. The maximum Gasteiger partial charge on any atom is 0.340 e. The van der Waals surface area contributed by atoms with Crippen molar-refractivity contribution in [3.05, 3.63) is 58.4 Å². The quantitative estimate of drug-likeness (QED) is 0.486. The molecule has 7 heteroatoms. The first kappa shape index (κ1) is 17.6. The fraction of sp³-hybridized carbons (Fsp3) is 0.222. The molecule has 0 aliphatic rings. The van der Waals surface area contributed by atoms with Crippen LogP contribution in [0.4, 0.5) is 0 Å². The Hall–Kier alpha value is -2.18. The van der Waals surface area contributed by atoms with Crippen LogP contribution in [0.2, 0.25) is 5.15 Å². The van der Waals surface area contributed by atoms with E-state index in [1.165, 1.54) is 11.8 Å². The molecule has 0 bridgehead atoms. The molecule has 0 unspecified atom stereocenters. The van der Waals surface area contributed by atoms with E-state index in [0.29, 0.717) is 33.8 Å². The van der Waals surface area contributed by atoms with Gasteiger partial charge >= 0.3 is 5.97 Å². The van der Waals surface area contributed by atoms with Crippen LogP contribution in [-0.4, -0.2) is 27.8 Å². The fourth-order valence-electron chi connectivity index (χ4n) is 2.54. The van der Waals surface area contributed by atoms with Gasteiger partial charge in [0.15, 0.2) is 5.15 Å². The number of esters is 1. The Morgan fingerprint density at radius 3 is 2.72 bits per heavy atom. The maximum absolute atomic E-state index is 12.5. The van der Waals surface area contributed by atoms with Crippen LogP contribution in [-0.2, 0) is 10.5 Å². The molecule has 2 heterocycles. The van der Waals surface area contributed by atoms with E-state index in [1.54, 1.807) is 19.1 Å². The first-order chi connectivity index (χ1) is 12.1. The van der Waals surface area contributed by atoms with Crippen LogP contribution in [0.5, 0.6) is 0 Å². The van der Waals surface area contributed by atoms with E-state index in [-0.39, 0.29) is 5.97 Å². The summed E-state index contributed by atoms with van der Waals surface area (Å²) in [4.78, 5) is 17.1. The van der Waals surface area contributed by atoms with Gasteiger partial charge in [0.05, 0.1) is 23.4 Å². The third-order valence-corrected chi connectivity index (χ3v) is 4.80.